The van der Waals surface area contributed by atoms with Crippen LogP contribution in [0.25, 0.3) is 0 Å². The monoisotopic (exact) mass is 358 g/mol. The van der Waals surface area contributed by atoms with Gasteiger partial charge in [-0.2, -0.15) is 0 Å². The lowest BCUT2D eigenvalue weighted by atomic mass is 9.44. The summed E-state index contributed by atoms with van der Waals surface area (Å²) in [6, 6.07) is 8.86. The predicted octanol–water partition coefficient (Wildman–Crippen LogP) is 5.93. The van der Waals surface area contributed by atoms with E-state index in [1.54, 1.807) is 0 Å². The second-order valence-corrected chi connectivity index (χ2v) is 15.1. The third-order valence-electron chi connectivity index (χ3n) is 7.45. The van der Waals surface area contributed by atoms with E-state index in [9.17, 15) is 4.79 Å². The van der Waals surface area contributed by atoms with Gasteiger partial charge in [0.05, 0.1) is 6.61 Å². The molecule has 1 aromatic carbocycles. The molecule has 138 valence electrons. The third-order valence-corrected chi connectivity index (χ3v) is 11.9. The molecule has 3 atom stereocenters. The number of hydrogen-bond donors (Lipinski definition) is 0. The molecule has 2 bridgehead atoms. The predicted molar refractivity (Wildman–Crippen MR) is 106 cm³/mol. The Balaban J connectivity index is 1.68. The fraction of sp³-hybridized carbons (Fsp3) is 0.682. The van der Waals surface area contributed by atoms with Gasteiger partial charge in [0.2, 0.25) is 0 Å². The largest absolute Gasteiger partial charge is 0.413 e. The quantitative estimate of drug-likeness (QED) is 0.624. The summed E-state index contributed by atoms with van der Waals surface area (Å²) in [6.07, 6.45) is 1.82. The van der Waals surface area contributed by atoms with Crippen molar-refractivity contribution in [1.82, 2.24) is 0 Å². The molecule has 1 aromatic rings. The third kappa shape index (κ3) is 3.26. The minimum Gasteiger partial charge on any atom is -0.413 e. The van der Waals surface area contributed by atoms with Crippen LogP contribution < -0.4 is 0 Å². The van der Waals surface area contributed by atoms with E-state index in [-0.39, 0.29) is 10.5 Å². The number of carbonyl (C=O) groups excluding carboxylic acids is 1. The van der Waals surface area contributed by atoms with E-state index < -0.39 is 8.32 Å². The Morgan fingerprint density at radius 3 is 2.24 bits per heavy atom. The molecule has 3 saturated carbocycles. The van der Waals surface area contributed by atoms with Gasteiger partial charge in [-0.3, -0.25) is 4.79 Å². The Kier molecular flexibility index (Phi) is 4.57. The molecule has 0 saturated heterocycles. The zero-order valence-electron chi connectivity index (χ0n) is 17.0. The molecule has 0 spiro atoms. The smallest absolute Gasteiger partial charge is 0.192 e. The fourth-order valence-electron chi connectivity index (χ4n) is 4.38. The number of benzene rings is 1. The Morgan fingerprint density at radius 2 is 1.76 bits per heavy atom. The topological polar surface area (TPSA) is 26.3 Å². The Labute approximate surface area is 154 Å². The van der Waals surface area contributed by atoms with E-state index in [1.165, 1.54) is 11.1 Å². The van der Waals surface area contributed by atoms with E-state index in [2.05, 4.69) is 72.0 Å². The van der Waals surface area contributed by atoms with Crippen molar-refractivity contribution < 1.29 is 9.22 Å². The lowest BCUT2D eigenvalue weighted by Crippen LogP contribution is -2.56. The van der Waals surface area contributed by atoms with Crippen molar-refractivity contribution in [1.29, 1.82) is 0 Å². The van der Waals surface area contributed by atoms with E-state index in [0.29, 0.717) is 30.1 Å². The molecular formula is C22H34O2Si. The molecule has 25 heavy (non-hydrogen) atoms. The van der Waals surface area contributed by atoms with E-state index >= 15 is 0 Å². The summed E-state index contributed by atoms with van der Waals surface area (Å²) in [5, 5.41) is 0.238. The summed E-state index contributed by atoms with van der Waals surface area (Å²) < 4.78 is 6.33. The van der Waals surface area contributed by atoms with Crippen LogP contribution in [-0.2, 0) is 15.8 Å². The first kappa shape index (κ1) is 18.8. The zero-order chi connectivity index (χ0) is 18.6. The molecular weight excluding hydrogens is 324 g/mol. The lowest BCUT2D eigenvalue weighted by Gasteiger charge is -2.59. The van der Waals surface area contributed by atoms with Crippen molar-refractivity contribution in [3.8, 4) is 0 Å². The minimum absolute atomic E-state index is 0.185. The Morgan fingerprint density at radius 1 is 1.16 bits per heavy atom. The summed E-state index contributed by atoms with van der Waals surface area (Å²) >= 11 is 0. The van der Waals surface area contributed by atoms with Gasteiger partial charge in [-0.15, -0.1) is 0 Å². The van der Waals surface area contributed by atoms with Gasteiger partial charge in [-0.25, -0.2) is 0 Å². The van der Waals surface area contributed by atoms with E-state index in [4.69, 9.17) is 4.43 Å². The van der Waals surface area contributed by atoms with Gasteiger partial charge in [0.25, 0.3) is 0 Å². The first-order chi connectivity index (χ1) is 11.4. The average molecular weight is 359 g/mol. The highest BCUT2D eigenvalue weighted by Crippen LogP contribution is 2.62. The summed E-state index contributed by atoms with van der Waals surface area (Å²) in [4.78, 5) is 12.4. The number of Topliss-reactive ketones (excluding diaryl/α,β-unsaturated/α-hetero) is 1. The number of hydrogen-bond acceptors (Lipinski definition) is 2. The van der Waals surface area contributed by atoms with Gasteiger partial charge in [0.1, 0.15) is 5.78 Å². The SMILES string of the molecule is CC1(C)[C@@H]2C[C@H]1C(=O)C[C@H]2c1ccc(CO[Si](C)(C)C(C)(C)C)cc1. The molecule has 4 rings (SSSR count). The van der Waals surface area contributed by atoms with Crippen LogP contribution in [0.1, 0.15) is 64.5 Å². The molecule has 0 heterocycles. The second kappa shape index (κ2) is 6.06. The standard InChI is InChI=1S/C22H34O2Si/c1-21(2,3)25(6,7)24-14-15-8-10-16(11-9-15)17-12-20(23)19-13-18(17)22(19,4)5/h8-11,17-19H,12-14H2,1-7H3/t17-,18+,19-/m0/s1. The van der Waals surface area contributed by atoms with Crippen molar-refractivity contribution >= 4 is 14.1 Å². The van der Waals surface area contributed by atoms with Gasteiger partial charge < -0.3 is 4.43 Å². The van der Waals surface area contributed by atoms with Crippen molar-refractivity contribution in [2.24, 2.45) is 17.3 Å². The molecule has 0 radical (unpaired) electrons. The Bertz CT molecular complexity index is 652. The highest BCUT2D eigenvalue weighted by atomic mass is 28.4. The van der Waals surface area contributed by atoms with Crippen LogP contribution in [0.4, 0.5) is 0 Å². The van der Waals surface area contributed by atoms with Gasteiger partial charge in [0, 0.05) is 12.3 Å². The van der Waals surface area contributed by atoms with Crippen molar-refractivity contribution in [3.63, 3.8) is 0 Å². The molecule has 0 unspecified atom stereocenters. The summed E-state index contributed by atoms with van der Waals surface area (Å²) in [7, 11) is -1.71. The minimum atomic E-state index is -1.71. The lowest BCUT2D eigenvalue weighted by molar-refractivity contribution is -0.151. The van der Waals surface area contributed by atoms with Crippen molar-refractivity contribution in [3.05, 3.63) is 35.4 Å². The maximum absolute atomic E-state index is 12.4. The van der Waals surface area contributed by atoms with Gasteiger partial charge in [-0.1, -0.05) is 58.9 Å². The molecule has 3 aliphatic carbocycles. The molecule has 3 aliphatic rings. The van der Waals surface area contributed by atoms with Gasteiger partial charge >= 0.3 is 0 Å². The van der Waals surface area contributed by atoms with Crippen LogP contribution in [-0.4, -0.2) is 14.1 Å². The molecule has 2 nitrogen and oxygen atoms in total. The Hall–Kier alpha value is -0.933. The van der Waals surface area contributed by atoms with Crippen LogP contribution in [0.5, 0.6) is 0 Å². The first-order valence-electron chi connectivity index (χ1n) is 9.69. The zero-order valence-corrected chi connectivity index (χ0v) is 18.0. The van der Waals surface area contributed by atoms with E-state index in [1.807, 2.05) is 0 Å². The maximum atomic E-state index is 12.4. The van der Waals surface area contributed by atoms with Gasteiger partial charge in [-0.05, 0) is 52.9 Å². The van der Waals surface area contributed by atoms with Crippen molar-refractivity contribution in [2.45, 2.75) is 78.1 Å². The highest BCUT2D eigenvalue weighted by Gasteiger charge is 2.58. The molecule has 0 N–H and O–H groups in total. The number of fused-ring (bicyclic) bond motifs is 2. The molecule has 0 aliphatic heterocycles. The van der Waals surface area contributed by atoms with Crippen LogP contribution in [0, 0.1) is 17.3 Å². The van der Waals surface area contributed by atoms with Crippen molar-refractivity contribution in [2.75, 3.05) is 0 Å². The number of rotatable bonds is 4. The van der Waals surface area contributed by atoms with E-state index in [0.717, 1.165) is 12.8 Å². The van der Waals surface area contributed by atoms with Crippen LogP contribution in [0.3, 0.4) is 0 Å². The average Bonchev–Trinajstić information content (AvgIpc) is 2.51. The first-order valence-corrected chi connectivity index (χ1v) is 12.6. The van der Waals surface area contributed by atoms with Crippen LogP contribution >= 0.6 is 0 Å². The van der Waals surface area contributed by atoms with Crippen LogP contribution in [0.15, 0.2) is 24.3 Å². The molecule has 0 aromatic heterocycles. The fourth-order valence-corrected chi connectivity index (χ4v) is 5.34. The van der Waals surface area contributed by atoms with Gasteiger partial charge in [0.15, 0.2) is 8.32 Å². The molecule has 3 fully saturated rings. The molecule has 0 amide bonds. The molecule has 3 heteroatoms. The summed E-state index contributed by atoms with van der Waals surface area (Å²) in [6.45, 7) is 16.7. The summed E-state index contributed by atoms with van der Waals surface area (Å²) in [5.41, 5.74) is 2.76. The second-order valence-electron chi connectivity index (χ2n) is 10.3. The maximum Gasteiger partial charge on any atom is 0.192 e. The normalized spacial score (nSPS) is 28.6. The highest BCUT2D eigenvalue weighted by molar-refractivity contribution is 6.74. The summed E-state index contributed by atoms with van der Waals surface area (Å²) in [5.74, 6) is 1.85. The van der Waals surface area contributed by atoms with Crippen LogP contribution in [0.2, 0.25) is 18.1 Å². The number of ketones is 1. The number of carbonyl (C=O) groups is 1.